The van der Waals surface area contributed by atoms with E-state index in [4.69, 9.17) is 4.74 Å². The van der Waals surface area contributed by atoms with Crippen LogP contribution in [0.3, 0.4) is 0 Å². The summed E-state index contributed by atoms with van der Waals surface area (Å²) in [4.78, 5) is 17.4. The summed E-state index contributed by atoms with van der Waals surface area (Å²) in [6.07, 6.45) is 5.50. The van der Waals surface area contributed by atoms with E-state index in [9.17, 15) is 4.79 Å². The van der Waals surface area contributed by atoms with E-state index in [1.54, 1.807) is 0 Å². The molecule has 0 radical (unpaired) electrons. The number of hydrogen-bond acceptors (Lipinski definition) is 3. The fraction of sp³-hybridized carbons (Fsp3) is 0.950. The van der Waals surface area contributed by atoms with Crippen LogP contribution in [-0.2, 0) is 9.53 Å². The smallest absolute Gasteiger partial charge is 0.223 e. The third-order valence-electron chi connectivity index (χ3n) is 5.98. The first-order chi connectivity index (χ1) is 11.3. The van der Waals surface area contributed by atoms with Crippen LogP contribution in [0.4, 0.5) is 0 Å². The number of amides is 1. The number of likely N-dealkylation sites (N-methyl/N-ethyl adjacent to an activating group) is 1. The Morgan fingerprint density at radius 3 is 2.42 bits per heavy atom. The van der Waals surface area contributed by atoms with E-state index in [1.165, 1.54) is 6.42 Å². The second-order valence-corrected chi connectivity index (χ2v) is 8.90. The molecule has 0 saturated carbocycles. The van der Waals surface area contributed by atoms with Crippen LogP contribution in [-0.4, -0.2) is 61.6 Å². The van der Waals surface area contributed by atoms with Gasteiger partial charge in [0.15, 0.2) is 0 Å². The molecule has 4 nitrogen and oxygen atoms in total. The largest absolute Gasteiger partial charge is 0.378 e. The fourth-order valence-electron chi connectivity index (χ4n) is 4.00. The Hall–Kier alpha value is -0.610. The molecule has 4 heteroatoms. The molecule has 0 aromatic carbocycles. The number of hydrogen-bond donors (Lipinski definition) is 0. The van der Waals surface area contributed by atoms with Crippen LogP contribution >= 0.6 is 0 Å². The zero-order chi connectivity index (χ0) is 17.7. The summed E-state index contributed by atoms with van der Waals surface area (Å²) in [5.41, 5.74) is 0.151. The van der Waals surface area contributed by atoms with Crippen molar-refractivity contribution >= 4 is 5.91 Å². The molecule has 2 fully saturated rings. The van der Waals surface area contributed by atoms with Crippen molar-refractivity contribution in [1.82, 2.24) is 9.80 Å². The maximum atomic E-state index is 13.0. The van der Waals surface area contributed by atoms with Crippen molar-refractivity contribution < 1.29 is 9.53 Å². The van der Waals surface area contributed by atoms with Gasteiger partial charge in [0.25, 0.3) is 0 Å². The summed E-state index contributed by atoms with van der Waals surface area (Å²) in [6, 6.07) is 0. The summed E-state index contributed by atoms with van der Waals surface area (Å²) in [7, 11) is 2.14. The Kier molecular flexibility index (Phi) is 7.11. The number of nitrogens with zero attached hydrogens (tertiary/aromatic N) is 2. The van der Waals surface area contributed by atoms with E-state index in [0.29, 0.717) is 23.8 Å². The summed E-state index contributed by atoms with van der Waals surface area (Å²) in [5, 5.41) is 0. The molecule has 2 aliphatic heterocycles. The van der Waals surface area contributed by atoms with Gasteiger partial charge in [-0.05, 0) is 43.6 Å². The maximum Gasteiger partial charge on any atom is 0.223 e. The van der Waals surface area contributed by atoms with Crippen molar-refractivity contribution in [3.8, 4) is 0 Å². The highest BCUT2D eigenvalue weighted by Gasteiger charge is 2.40. The number of carbonyl (C=O) groups excluding carboxylic acids is 1. The standard InChI is InChI=1S/C20H38N2O2/c1-16(2)6-7-20(8-13-24-18(14-20)17(3)4)15-19(23)22-11-9-21(5)10-12-22/h16-18H,6-15H2,1-5H3/t18-,20+/m0/s1. The van der Waals surface area contributed by atoms with Gasteiger partial charge in [0, 0.05) is 39.2 Å². The predicted octanol–water partition coefficient (Wildman–Crippen LogP) is 3.41. The van der Waals surface area contributed by atoms with E-state index < -0.39 is 0 Å². The van der Waals surface area contributed by atoms with Crippen molar-refractivity contribution in [2.24, 2.45) is 17.3 Å². The highest BCUT2D eigenvalue weighted by molar-refractivity contribution is 5.77. The molecule has 2 aliphatic rings. The lowest BCUT2D eigenvalue weighted by molar-refractivity contribution is -0.140. The van der Waals surface area contributed by atoms with Gasteiger partial charge in [-0.25, -0.2) is 0 Å². The average molecular weight is 339 g/mol. The van der Waals surface area contributed by atoms with Gasteiger partial charge in [-0.2, -0.15) is 0 Å². The van der Waals surface area contributed by atoms with Crippen molar-refractivity contribution in [3.63, 3.8) is 0 Å². The number of carbonyl (C=O) groups is 1. The van der Waals surface area contributed by atoms with Gasteiger partial charge in [0.05, 0.1) is 6.10 Å². The second kappa shape index (κ2) is 8.66. The summed E-state index contributed by atoms with van der Waals surface area (Å²) in [6.45, 7) is 13.7. The first kappa shape index (κ1) is 19.7. The van der Waals surface area contributed by atoms with Crippen LogP contribution in [0.5, 0.6) is 0 Å². The molecular formula is C20H38N2O2. The molecular weight excluding hydrogens is 300 g/mol. The Morgan fingerprint density at radius 1 is 1.17 bits per heavy atom. The summed E-state index contributed by atoms with van der Waals surface area (Å²) < 4.78 is 6.01. The van der Waals surface area contributed by atoms with Crippen molar-refractivity contribution in [2.45, 2.75) is 65.9 Å². The minimum absolute atomic E-state index is 0.151. The van der Waals surface area contributed by atoms with E-state index in [1.807, 2.05) is 0 Å². The van der Waals surface area contributed by atoms with Crippen molar-refractivity contribution in [2.75, 3.05) is 39.8 Å². The summed E-state index contributed by atoms with van der Waals surface area (Å²) in [5.74, 6) is 1.60. The van der Waals surface area contributed by atoms with Gasteiger partial charge < -0.3 is 14.5 Å². The van der Waals surface area contributed by atoms with Crippen LogP contribution in [0, 0.1) is 17.3 Å². The Morgan fingerprint density at radius 2 is 1.83 bits per heavy atom. The van der Waals surface area contributed by atoms with Gasteiger partial charge in [-0.1, -0.05) is 34.1 Å². The second-order valence-electron chi connectivity index (χ2n) is 8.90. The SMILES string of the molecule is CC(C)CC[C@@]1(CC(=O)N2CCN(C)CC2)CCO[C@H](C(C)C)C1. The lowest BCUT2D eigenvalue weighted by atomic mass is 9.69. The Labute approximate surface area is 148 Å². The van der Waals surface area contributed by atoms with Gasteiger partial charge >= 0.3 is 0 Å². The number of rotatable bonds is 6. The van der Waals surface area contributed by atoms with Gasteiger partial charge in [-0.15, -0.1) is 0 Å². The van der Waals surface area contributed by atoms with E-state index >= 15 is 0 Å². The predicted molar refractivity (Wildman–Crippen MR) is 99.0 cm³/mol. The lowest BCUT2D eigenvalue weighted by Gasteiger charge is -2.44. The highest BCUT2D eigenvalue weighted by Crippen LogP contribution is 2.43. The first-order valence-corrected chi connectivity index (χ1v) is 9.89. The quantitative estimate of drug-likeness (QED) is 0.744. The van der Waals surface area contributed by atoms with E-state index in [-0.39, 0.29) is 5.41 Å². The first-order valence-electron chi connectivity index (χ1n) is 9.89. The highest BCUT2D eigenvalue weighted by atomic mass is 16.5. The minimum Gasteiger partial charge on any atom is -0.378 e. The third-order valence-corrected chi connectivity index (χ3v) is 5.98. The van der Waals surface area contributed by atoms with Gasteiger partial charge in [0.1, 0.15) is 0 Å². The number of piperazine rings is 1. The average Bonchev–Trinajstić information content (AvgIpc) is 2.54. The van der Waals surface area contributed by atoms with Crippen molar-refractivity contribution in [3.05, 3.63) is 0 Å². The molecule has 0 aromatic rings. The fourth-order valence-corrected chi connectivity index (χ4v) is 4.00. The molecule has 140 valence electrons. The van der Waals surface area contributed by atoms with E-state index in [0.717, 1.165) is 58.5 Å². The molecule has 1 amide bonds. The van der Waals surface area contributed by atoms with Crippen LogP contribution in [0.15, 0.2) is 0 Å². The molecule has 2 saturated heterocycles. The van der Waals surface area contributed by atoms with Gasteiger partial charge in [-0.3, -0.25) is 4.79 Å². The normalized spacial score (nSPS) is 29.5. The molecule has 0 aliphatic carbocycles. The molecule has 0 unspecified atom stereocenters. The van der Waals surface area contributed by atoms with E-state index in [2.05, 4.69) is 44.5 Å². The number of ether oxygens (including phenoxy) is 1. The monoisotopic (exact) mass is 338 g/mol. The summed E-state index contributed by atoms with van der Waals surface area (Å²) >= 11 is 0. The molecule has 2 atom stereocenters. The Bertz CT molecular complexity index is 402. The van der Waals surface area contributed by atoms with Crippen LogP contribution in [0.25, 0.3) is 0 Å². The lowest BCUT2D eigenvalue weighted by Crippen LogP contribution is -2.49. The van der Waals surface area contributed by atoms with Crippen LogP contribution in [0.2, 0.25) is 0 Å². The zero-order valence-electron chi connectivity index (χ0n) is 16.5. The molecule has 2 rings (SSSR count). The minimum atomic E-state index is 0.151. The molecule has 24 heavy (non-hydrogen) atoms. The zero-order valence-corrected chi connectivity index (χ0v) is 16.5. The molecule has 0 spiro atoms. The topological polar surface area (TPSA) is 32.8 Å². The Balaban J connectivity index is 2.03. The maximum absolute atomic E-state index is 13.0. The van der Waals surface area contributed by atoms with Crippen LogP contribution in [0.1, 0.15) is 59.8 Å². The third kappa shape index (κ3) is 5.45. The molecule has 0 aromatic heterocycles. The molecule has 2 heterocycles. The molecule has 0 bridgehead atoms. The van der Waals surface area contributed by atoms with Crippen molar-refractivity contribution in [1.29, 1.82) is 0 Å². The van der Waals surface area contributed by atoms with Gasteiger partial charge in [0.2, 0.25) is 5.91 Å². The molecule has 0 N–H and O–H groups in total. The van der Waals surface area contributed by atoms with Crippen LogP contribution < -0.4 is 0 Å².